The van der Waals surface area contributed by atoms with Crippen LogP contribution in [-0.4, -0.2) is 21.4 Å². The Labute approximate surface area is 180 Å². The first-order valence-corrected chi connectivity index (χ1v) is 10.4. The fourth-order valence-corrected chi connectivity index (χ4v) is 4.27. The highest BCUT2D eigenvalue weighted by Gasteiger charge is 2.34. The monoisotopic (exact) mass is 446 g/mol. The van der Waals surface area contributed by atoms with E-state index in [2.05, 4.69) is 10.3 Å². The van der Waals surface area contributed by atoms with E-state index in [1.165, 1.54) is 6.07 Å². The van der Waals surface area contributed by atoms with Gasteiger partial charge >= 0.3 is 6.18 Å². The van der Waals surface area contributed by atoms with Crippen molar-refractivity contribution in [2.75, 3.05) is 0 Å². The summed E-state index contributed by atoms with van der Waals surface area (Å²) < 4.78 is 45.7. The molecule has 3 aromatic rings. The van der Waals surface area contributed by atoms with Gasteiger partial charge in [0.15, 0.2) is 0 Å². The van der Waals surface area contributed by atoms with E-state index in [1.807, 2.05) is 6.92 Å². The van der Waals surface area contributed by atoms with Crippen LogP contribution < -0.4 is 10.1 Å². The maximum atomic E-state index is 13.3. The number of amides is 2. The van der Waals surface area contributed by atoms with Crippen LogP contribution in [-0.2, 0) is 23.8 Å². The van der Waals surface area contributed by atoms with Gasteiger partial charge in [-0.15, -0.1) is 0 Å². The smallest absolute Gasteiger partial charge is 0.433 e. The number of imide groups is 1. The number of aromatic nitrogens is 1. The molecule has 31 heavy (non-hydrogen) atoms. The van der Waals surface area contributed by atoms with Gasteiger partial charge in [0.1, 0.15) is 17.2 Å². The summed E-state index contributed by atoms with van der Waals surface area (Å²) in [5.41, 5.74) is 0.934. The number of hydrogen-bond acceptors (Lipinski definition) is 5. The molecule has 4 rings (SSSR count). The van der Waals surface area contributed by atoms with Crippen LogP contribution in [0.1, 0.15) is 23.7 Å². The lowest BCUT2D eigenvalue weighted by atomic mass is 10.00. The minimum absolute atomic E-state index is 0.0593. The number of para-hydroxylation sites is 1. The lowest BCUT2D eigenvalue weighted by molar-refractivity contribution is -0.141. The molecule has 1 aliphatic heterocycles. The molecule has 0 aliphatic carbocycles. The van der Waals surface area contributed by atoms with Crippen molar-refractivity contribution < 1.29 is 27.5 Å². The van der Waals surface area contributed by atoms with Gasteiger partial charge in [-0.05, 0) is 48.2 Å². The standard InChI is InChI=1S/C22H17F3N2O3S/c1-2-12-9-14(8-7-13(12)10-18-20(28)27-21(29)31-18)30-17-11-19(22(23,24)25)26-16-6-4-3-5-15(16)17/h3-9,11,18H,2,10H2,1H3,(H,27,28,29). The molecule has 2 aromatic carbocycles. The number of nitrogens with zero attached hydrogens (tertiary/aromatic N) is 1. The summed E-state index contributed by atoms with van der Waals surface area (Å²) in [5, 5.41) is 1.87. The number of pyridine rings is 1. The second-order valence-corrected chi connectivity index (χ2v) is 8.17. The number of carbonyl (C=O) groups is 2. The predicted molar refractivity (Wildman–Crippen MR) is 111 cm³/mol. The van der Waals surface area contributed by atoms with E-state index in [1.54, 1.807) is 36.4 Å². The first-order valence-electron chi connectivity index (χ1n) is 9.52. The van der Waals surface area contributed by atoms with Gasteiger partial charge in [-0.25, -0.2) is 4.98 Å². The van der Waals surface area contributed by atoms with Crippen LogP contribution in [0.4, 0.5) is 18.0 Å². The zero-order valence-electron chi connectivity index (χ0n) is 16.3. The molecule has 1 saturated heterocycles. The van der Waals surface area contributed by atoms with Crippen LogP contribution in [0.25, 0.3) is 10.9 Å². The third-order valence-corrected chi connectivity index (χ3v) is 5.91. The highest BCUT2D eigenvalue weighted by atomic mass is 32.2. The molecule has 2 heterocycles. The predicted octanol–water partition coefficient (Wildman–Crippen LogP) is 5.50. The van der Waals surface area contributed by atoms with Gasteiger partial charge in [-0.3, -0.25) is 14.9 Å². The second-order valence-electron chi connectivity index (χ2n) is 6.99. The lowest BCUT2D eigenvalue weighted by Gasteiger charge is -2.15. The molecule has 1 atom stereocenters. The van der Waals surface area contributed by atoms with Crippen LogP contribution in [0, 0.1) is 0 Å². The lowest BCUT2D eigenvalue weighted by Crippen LogP contribution is -2.25. The zero-order chi connectivity index (χ0) is 22.2. The number of alkyl halides is 3. The Bertz CT molecular complexity index is 1180. The molecule has 1 aliphatic rings. The molecule has 0 bridgehead atoms. The largest absolute Gasteiger partial charge is 0.457 e. The number of nitrogens with one attached hydrogen (secondary N) is 1. The topological polar surface area (TPSA) is 68.3 Å². The molecule has 5 nitrogen and oxygen atoms in total. The number of rotatable bonds is 5. The number of thioether (sulfide) groups is 1. The van der Waals surface area contributed by atoms with Crippen molar-refractivity contribution in [3.8, 4) is 11.5 Å². The molecule has 1 N–H and O–H groups in total. The van der Waals surface area contributed by atoms with E-state index < -0.39 is 17.1 Å². The maximum absolute atomic E-state index is 13.3. The molecule has 1 aromatic heterocycles. The van der Waals surface area contributed by atoms with Crippen molar-refractivity contribution in [1.29, 1.82) is 0 Å². The second kappa shape index (κ2) is 8.22. The summed E-state index contributed by atoms with van der Waals surface area (Å²) in [5.74, 6) is 0.119. The summed E-state index contributed by atoms with van der Waals surface area (Å²) in [7, 11) is 0. The maximum Gasteiger partial charge on any atom is 0.433 e. The average molecular weight is 446 g/mol. The van der Waals surface area contributed by atoms with E-state index in [9.17, 15) is 22.8 Å². The molecular weight excluding hydrogens is 429 g/mol. The first-order chi connectivity index (χ1) is 14.7. The van der Waals surface area contributed by atoms with Crippen LogP contribution >= 0.6 is 11.8 Å². The van der Waals surface area contributed by atoms with Crippen molar-refractivity contribution >= 4 is 33.8 Å². The quantitative estimate of drug-likeness (QED) is 0.560. The SMILES string of the molecule is CCc1cc(Oc2cc(C(F)(F)F)nc3ccccc23)ccc1CC1SC(=O)NC1=O. The normalized spacial score (nSPS) is 16.6. The van der Waals surface area contributed by atoms with Gasteiger partial charge < -0.3 is 4.74 Å². The number of aryl methyl sites for hydroxylation is 1. The van der Waals surface area contributed by atoms with Crippen molar-refractivity contribution in [3.05, 3.63) is 65.4 Å². The molecule has 0 spiro atoms. The Kier molecular flexibility index (Phi) is 5.62. The van der Waals surface area contributed by atoms with Crippen molar-refractivity contribution in [2.45, 2.75) is 31.2 Å². The molecule has 2 amide bonds. The summed E-state index contributed by atoms with van der Waals surface area (Å²) in [6.07, 6.45) is -3.59. The van der Waals surface area contributed by atoms with Gasteiger partial charge in [0.25, 0.3) is 5.24 Å². The fraction of sp³-hybridized carbons (Fsp3) is 0.227. The van der Waals surface area contributed by atoms with Gasteiger partial charge in [-0.1, -0.05) is 36.9 Å². The Balaban J connectivity index is 1.66. The average Bonchev–Trinajstić information content (AvgIpc) is 3.05. The Morgan fingerprint density at radius 1 is 1.10 bits per heavy atom. The van der Waals surface area contributed by atoms with Crippen molar-refractivity contribution in [3.63, 3.8) is 0 Å². The number of ether oxygens (including phenoxy) is 1. The molecule has 1 fully saturated rings. The minimum Gasteiger partial charge on any atom is -0.457 e. The van der Waals surface area contributed by atoms with Crippen LogP contribution in [0.2, 0.25) is 0 Å². The molecule has 160 valence electrons. The van der Waals surface area contributed by atoms with Gasteiger partial charge in [0, 0.05) is 11.5 Å². The van der Waals surface area contributed by atoms with E-state index in [4.69, 9.17) is 4.74 Å². The Morgan fingerprint density at radius 3 is 2.55 bits per heavy atom. The van der Waals surface area contributed by atoms with Gasteiger partial charge in [0.05, 0.1) is 10.8 Å². The summed E-state index contributed by atoms with van der Waals surface area (Å²) in [6.45, 7) is 1.93. The fourth-order valence-electron chi connectivity index (χ4n) is 3.42. The van der Waals surface area contributed by atoms with Crippen LogP contribution in [0.5, 0.6) is 11.5 Å². The molecule has 0 saturated carbocycles. The molecule has 0 radical (unpaired) electrons. The first kappa shape index (κ1) is 21.2. The van der Waals surface area contributed by atoms with Crippen LogP contribution in [0.15, 0.2) is 48.5 Å². The number of hydrogen-bond donors (Lipinski definition) is 1. The van der Waals surface area contributed by atoms with Gasteiger partial charge in [-0.2, -0.15) is 13.2 Å². The minimum atomic E-state index is -4.60. The highest BCUT2D eigenvalue weighted by Crippen LogP contribution is 2.36. The zero-order valence-corrected chi connectivity index (χ0v) is 17.1. The van der Waals surface area contributed by atoms with E-state index >= 15 is 0 Å². The third-order valence-electron chi connectivity index (χ3n) is 4.93. The molecule has 9 heteroatoms. The number of fused-ring (bicyclic) bond motifs is 1. The number of benzene rings is 2. The van der Waals surface area contributed by atoms with Gasteiger partial charge in [0.2, 0.25) is 5.91 Å². The third kappa shape index (κ3) is 4.51. The Morgan fingerprint density at radius 2 is 1.87 bits per heavy atom. The summed E-state index contributed by atoms with van der Waals surface area (Å²) >= 11 is 0.955. The summed E-state index contributed by atoms with van der Waals surface area (Å²) in [4.78, 5) is 27.0. The molecule has 1 unspecified atom stereocenters. The van der Waals surface area contributed by atoms with E-state index in [-0.39, 0.29) is 22.4 Å². The number of carbonyl (C=O) groups excluding carboxylic acids is 2. The van der Waals surface area contributed by atoms with E-state index in [0.29, 0.717) is 24.0 Å². The number of halogens is 3. The summed E-state index contributed by atoms with van der Waals surface area (Å²) in [6, 6.07) is 12.5. The Hall–Kier alpha value is -3.07. The van der Waals surface area contributed by atoms with Crippen molar-refractivity contribution in [2.24, 2.45) is 0 Å². The van der Waals surface area contributed by atoms with E-state index in [0.717, 1.165) is 29.0 Å². The molecular formula is C22H17F3N2O3S. The van der Waals surface area contributed by atoms with Crippen molar-refractivity contribution in [1.82, 2.24) is 10.3 Å². The van der Waals surface area contributed by atoms with Crippen LogP contribution in [0.3, 0.4) is 0 Å². The highest BCUT2D eigenvalue weighted by molar-refractivity contribution is 8.15.